The molecule has 3 aliphatic carbocycles. The fourth-order valence-corrected chi connectivity index (χ4v) is 6.45. The summed E-state index contributed by atoms with van der Waals surface area (Å²) in [5.74, 6) is 2.09. The summed E-state index contributed by atoms with van der Waals surface area (Å²) < 4.78 is 0. The number of aliphatic hydroxyl groups excluding tert-OH is 1. The molecule has 1 N–H and O–H groups in total. The van der Waals surface area contributed by atoms with E-state index in [4.69, 9.17) is 0 Å². The highest BCUT2D eigenvalue weighted by Gasteiger charge is 2.54. The Balaban J connectivity index is 1.45. The van der Waals surface area contributed by atoms with E-state index in [0.29, 0.717) is 17.8 Å². The lowest BCUT2D eigenvalue weighted by Gasteiger charge is -2.50. The Morgan fingerprint density at radius 3 is 2.63 bits per heavy atom. The van der Waals surface area contributed by atoms with Crippen LogP contribution < -0.4 is 0 Å². The maximum absolute atomic E-state index is 12.8. The van der Waals surface area contributed by atoms with Crippen LogP contribution in [-0.2, 0) is 6.42 Å². The molecule has 0 saturated heterocycles. The maximum atomic E-state index is 12.8. The molecule has 2 unspecified atom stereocenters. The molecule has 2 heteroatoms. The summed E-state index contributed by atoms with van der Waals surface area (Å²) in [4.78, 5) is 12.8. The fraction of sp³-hybridized carbons (Fsp3) is 0.480. The van der Waals surface area contributed by atoms with Gasteiger partial charge in [0.2, 0.25) is 0 Å². The lowest BCUT2D eigenvalue weighted by molar-refractivity contribution is -0.0226. The van der Waals surface area contributed by atoms with Gasteiger partial charge in [0.1, 0.15) is 0 Å². The molecule has 0 aliphatic heterocycles. The molecular weight excluding hydrogens is 332 g/mol. The third-order valence-electron chi connectivity index (χ3n) is 7.97. The van der Waals surface area contributed by atoms with Gasteiger partial charge in [0.15, 0.2) is 5.78 Å². The van der Waals surface area contributed by atoms with Crippen LogP contribution >= 0.6 is 0 Å². The Morgan fingerprint density at radius 2 is 1.81 bits per heavy atom. The molecule has 2 fully saturated rings. The van der Waals surface area contributed by atoms with Gasteiger partial charge in [0, 0.05) is 11.1 Å². The van der Waals surface area contributed by atoms with Gasteiger partial charge in [0.05, 0.1) is 6.10 Å². The molecule has 5 atom stereocenters. The van der Waals surface area contributed by atoms with Gasteiger partial charge < -0.3 is 5.11 Å². The van der Waals surface area contributed by atoms with Crippen LogP contribution in [0.15, 0.2) is 48.5 Å². The van der Waals surface area contributed by atoms with Gasteiger partial charge in [-0.3, -0.25) is 4.79 Å². The van der Waals surface area contributed by atoms with E-state index in [1.54, 1.807) is 0 Å². The van der Waals surface area contributed by atoms with Crippen LogP contribution in [0.1, 0.15) is 72.0 Å². The van der Waals surface area contributed by atoms with Gasteiger partial charge in [-0.15, -0.1) is 0 Å². The van der Waals surface area contributed by atoms with Crippen molar-refractivity contribution in [3.63, 3.8) is 0 Å². The SMILES string of the molecule is C[C@]12CCC3c4ccc(C(=O)c5ccccc5)cc4CC[C@H]3C1CC[C@@H]2O. The zero-order valence-electron chi connectivity index (χ0n) is 16.0. The number of benzene rings is 2. The molecule has 27 heavy (non-hydrogen) atoms. The Kier molecular flexibility index (Phi) is 4.01. The van der Waals surface area contributed by atoms with E-state index < -0.39 is 0 Å². The lowest BCUT2D eigenvalue weighted by atomic mass is 9.55. The minimum atomic E-state index is -0.115. The van der Waals surface area contributed by atoms with Gasteiger partial charge in [-0.1, -0.05) is 49.4 Å². The summed E-state index contributed by atoms with van der Waals surface area (Å²) >= 11 is 0. The Hall–Kier alpha value is -1.93. The molecular formula is C25H28O2. The Bertz CT molecular complexity index is 871. The predicted octanol–water partition coefficient (Wildman–Crippen LogP) is 5.13. The van der Waals surface area contributed by atoms with Crippen molar-refractivity contribution in [3.05, 3.63) is 70.8 Å². The van der Waals surface area contributed by atoms with E-state index >= 15 is 0 Å². The highest BCUT2D eigenvalue weighted by Crippen LogP contribution is 2.60. The first-order valence-electron chi connectivity index (χ1n) is 10.5. The van der Waals surface area contributed by atoms with Crippen molar-refractivity contribution in [2.45, 2.75) is 57.5 Å². The van der Waals surface area contributed by atoms with E-state index in [2.05, 4.69) is 19.1 Å². The normalized spacial score (nSPS) is 34.4. The summed E-state index contributed by atoms with van der Waals surface area (Å²) in [6.45, 7) is 2.32. The van der Waals surface area contributed by atoms with Crippen LogP contribution in [0, 0.1) is 17.3 Å². The van der Waals surface area contributed by atoms with Crippen LogP contribution in [0.2, 0.25) is 0 Å². The number of aliphatic hydroxyl groups is 1. The second-order valence-corrected chi connectivity index (χ2v) is 9.16. The molecule has 0 amide bonds. The predicted molar refractivity (Wildman–Crippen MR) is 107 cm³/mol. The molecule has 3 aliphatic rings. The van der Waals surface area contributed by atoms with Crippen LogP contribution in [0.25, 0.3) is 0 Å². The van der Waals surface area contributed by atoms with Gasteiger partial charge >= 0.3 is 0 Å². The van der Waals surface area contributed by atoms with Crippen molar-refractivity contribution >= 4 is 5.78 Å². The second-order valence-electron chi connectivity index (χ2n) is 9.16. The summed E-state index contributed by atoms with van der Waals surface area (Å²) in [6, 6.07) is 16.0. The van der Waals surface area contributed by atoms with Crippen LogP contribution in [0.4, 0.5) is 0 Å². The molecule has 0 bridgehead atoms. The average Bonchev–Trinajstić information content (AvgIpc) is 3.02. The molecule has 0 heterocycles. The smallest absolute Gasteiger partial charge is 0.193 e. The number of hydrogen-bond acceptors (Lipinski definition) is 2. The van der Waals surface area contributed by atoms with Crippen molar-refractivity contribution in [2.24, 2.45) is 17.3 Å². The lowest BCUT2D eigenvalue weighted by Crippen LogP contribution is -2.43. The van der Waals surface area contributed by atoms with E-state index in [0.717, 1.165) is 30.4 Å². The zero-order valence-corrected chi connectivity index (χ0v) is 16.0. The molecule has 2 aromatic carbocycles. The average molecular weight is 360 g/mol. The monoisotopic (exact) mass is 360 g/mol. The van der Waals surface area contributed by atoms with Crippen molar-refractivity contribution in [1.82, 2.24) is 0 Å². The molecule has 140 valence electrons. The van der Waals surface area contributed by atoms with Gasteiger partial charge in [-0.2, -0.15) is 0 Å². The topological polar surface area (TPSA) is 37.3 Å². The Labute approximate surface area is 161 Å². The molecule has 0 aromatic heterocycles. The summed E-state index contributed by atoms with van der Waals surface area (Å²) in [5, 5.41) is 10.5. The number of aryl methyl sites for hydroxylation is 1. The number of hydrogen-bond donors (Lipinski definition) is 1. The highest BCUT2D eigenvalue weighted by molar-refractivity contribution is 6.09. The first kappa shape index (κ1) is 17.2. The number of fused-ring (bicyclic) bond motifs is 5. The molecule has 2 aromatic rings. The summed E-state index contributed by atoms with van der Waals surface area (Å²) in [6.07, 6.45) is 6.61. The van der Waals surface area contributed by atoms with E-state index in [-0.39, 0.29) is 17.3 Å². The van der Waals surface area contributed by atoms with Crippen LogP contribution in [0.3, 0.4) is 0 Å². The van der Waals surface area contributed by atoms with Crippen LogP contribution in [-0.4, -0.2) is 17.0 Å². The van der Waals surface area contributed by atoms with Crippen LogP contribution in [0.5, 0.6) is 0 Å². The standard InChI is InChI=1S/C25H28O2/c1-25-14-13-20-19-9-8-18(24(27)16-5-3-2-4-6-16)15-17(19)7-10-21(20)22(25)11-12-23(25)26/h2-6,8-9,15,20-23,26H,7,10-14H2,1H3/t20?,21-,22?,23+,25+/m1/s1. The first-order valence-corrected chi connectivity index (χ1v) is 10.5. The number of carbonyl (C=O) groups excluding carboxylic acids is 1. The number of ketones is 1. The third kappa shape index (κ3) is 2.61. The second kappa shape index (κ2) is 6.31. The maximum Gasteiger partial charge on any atom is 0.193 e. The quantitative estimate of drug-likeness (QED) is 0.754. The van der Waals surface area contributed by atoms with E-state index in [9.17, 15) is 9.90 Å². The Morgan fingerprint density at radius 1 is 1.00 bits per heavy atom. The molecule has 5 rings (SSSR count). The van der Waals surface area contributed by atoms with Gasteiger partial charge in [0.25, 0.3) is 0 Å². The van der Waals surface area contributed by atoms with Crippen molar-refractivity contribution in [1.29, 1.82) is 0 Å². The minimum absolute atomic E-state index is 0.115. The largest absolute Gasteiger partial charge is 0.393 e. The molecule has 0 radical (unpaired) electrons. The van der Waals surface area contributed by atoms with Gasteiger partial charge in [-0.05, 0) is 78.9 Å². The number of carbonyl (C=O) groups is 1. The molecule has 0 spiro atoms. The fourth-order valence-electron chi connectivity index (χ4n) is 6.45. The third-order valence-corrected chi connectivity index (χ3v) is 7.97. The van der Waals surface area contributed by atoms with E-state index in [1.165, 1.54) is 30.4 Å². The molecule has 2 saturated carbocycles. The minimum Gasteiger partial charge on any atom is -0.393 e. The van der Waals surface area contributed by atoms with Crippen molar-refractivity contribution in [3.8, 4) is 0 Å². The number of rotatable bonds is 2. The zero-order chi connectivity index (χ0) is 18.6. The van der Waals surface area contributed by atoms with Gasteiger partial charge in [-0.25, -0.2) is 0 Å². The van der Waals surface area contributed by atoms with E-state index in [1.807, 2.05) is 36.4 Å². The molecule has 2 nitrogen and oxygen atoms in total. The summed E-state index contributed by atoms with van der Waals surface area (Å²) in [5.41, 5.74) is 4.55. The van der Waals surface area contributed by atoms with Crippen molar-refractivity contribution in [2.75, 3.05) is 0 Å². The highest BCUT2D eigenvalue weighted by atomic mass is 16.3. The first-order chi connectivity index (χ1) is 13.1. The van der Waals surface area contributed by atoms with Crippen molar-refractivity contribution < 1.29 is 9.90 Å². The summed E-state index contributed by atoms with van der Waals surface area (Å²) in [7, 11) is 0.